The van der Waals surface area contributed by atoms with Crippen LogP contribution in [0.1, 0.15) is 53.0 Å². The zero-order valence-corrected chi connectivity index (χ0v) is 21.8. The van der Waals surface area contributed by atoms with E-state index < -0.39 is 17.9 Å². The smallest absolute Gasteiger partial charge is 0.341 e. The number of nitrogens with zero attached hydrogens (tertiary/aromatic N) is 3. The molecule has 1 unspecified atom stereocenters. The number of nitrogens with one attached hydrogen (secondary N) is 1. The number of fused-ring (bicyclic) bond motifs is 1. The quantitative estimate of drug-likeness (QED) is 0.295. The van der Waals surface area contributed by atoms with Crippen molar-refractivity contribution in [3.05, 3.63) is 50.9 Å². The van der Waals surface area contributed by atoms with Crippen molar-refractivity contribution in [3.63, 3.8) is 0 Å². The highest BCUT2D eigenvalue weighted by molar-refractivity contribution is 7.99. The SMILES string of the molecule is CCOC(=O)c1c(NC(=O)CSc2nnc(C(C)Oc3ccc(F)cc3Cl)n2C)sc2c1CCC2. The van der Waals surface area contributed by atoms with Gasteiger partial charge in [-0.1, -0.05) is 23.4 Å². The van der Waals surface area contributed by atoms with Gasteiger partial charge in [-0.2, -0.15) is 0 Å². The summed E-state index contributed by atoms with van der Waals surface area (Å²) in [5.41, 5.74) is 1.47. The van der Waals surface area contributed by atoms with Gasteiger partial charge in [0, 0.05) is 11.9 Å². The Morgan fingerprint density at radius 3 is 2.89 bits per heavy atom. The second kappa shape index (κ2) is 11.0. The lowest BCUT2D eigenvalue weighted by molar-refractivity contribution is -0.113. The zero-order valence-electron chi connectivity index (χ0n) is 19.4. The highest BCUT2D eigenvalue weighted by atomic mass is 35.5. The first-order chi connectivity index (χ1) is 16.8. The van der Waals surface area contributed by atoms with Crippen LogP contribution in [0.15, 0.2) is 23.4 Å². The molecule has 1 N–H and O–H groups in total. The van der Waals surface area contributed by atoms with E-state index in [-0.39, 0.29) is 23.3 Å². The normalized spacial score (nSPS) is 13.4. The number of benzene rings is 1. The molecule has 35 heavy (non-hydrogen) atoms. The number of amides is 1. The van der Waals surface area contributed by atoms with Gasteiger partial charge in [0.15, 0.2) is 17.1 Å². The Hall–Kier alpha value is -2.63. The van der Waals surface area contributed by atoms with Gasteiger partial charge in [-0.05, 0) is 56.9 Å². The zero-order chi connectivity index (χ0) is 25.1. The van der Waals surface area contributed by atoms with E-state index in [4.69, 9.17) is 21.1 Å². The van der Waals surface area contributed by atoms with Gasteiger partial charge in [0.1, 0.15) is 16.6 Å². The maximum absolute atomic E-state index is 13.3. The molecule has 1 amide bonds. The molecule has 0 radical (unpaired) electrons. The molecule has 2 heterocycles. The third kappa shape index (κ3) is 5.62. The maximum atomic E-state index is 13.3. The summed E-state index contributed by atoms with van der Waals surface area (Å²) in [6.07, 6.45) is 2.21. The molecule has 0 saturated heterocycles. The van der Waals surface area contributed by atoms with Crippen LogP contribution in [0.2, 0.25) is 5.02 Å². The highest BCUT2D eigenvalue weighted by Crippen LogP contribution is 2.39. The van der Waals surface area contributed by atoms with E-state index in [0.717, 1.165) is 29.7 Å². The molecule has 1 aliphatic carbocycles. The van der Waals surface area contributed by atoms with Gasteiger partial charge in [-0.3, -0.25) is 4.79 Å². The number of hydrogen-bond acceptors (Lipinski definition) is 8. The second-order valence-electron chi connectivity index (χ2n) is 7.85. The Morgan fingerprint density at radius 2 is 2.14 bits per heavy atom. The van der Waals surface area contributed by atoms with Crippen LogP contribution in [0.4, 0.5) is 9.39 Å². The van der Waals surface area contributed by atoms with E-state index in [2.05, 4.69) is 15.5 Å². The van der Waals surface area contributed by atoms with Crippen LogP contribution in [0.5, 0.6) is 5.75 Å². The van der Waals surface area contributed by atoms with Gasteiger partial charge in [0.2, 0.25) is 5.91 Å². The number of rotatable bonds is 9. The molecule has 0 bridgehead atoms. The summed E-state index contributed by atoms with van der Waals surface area (Å²) < 4.78 is 26.0. The lowest BCUT2D eigenvalue weighted by atomic mass is 10.1. The predicted molar refractivity (Wildman–Crippen MR) is 133 cm³/mol. The molecule has 186 valence electrons. The number of anilines is 1. The molecule has 1 atom stereocenters. The molecule has 4 rings (SSSR count). The van der Waals surface area contributed by atoms with Crippen molar-refractivity contribution >= 4 is 51.6 Å². The van der Waals surface area contributed by atoms with Gasteiger partial charge in [-0.25, -0.2) is 9.18 Å². The molecule has 8 nitrogen and oxygen atoms in total. The minimum absolute atomic E-state index is 0.0792. The topological polar surface area (TPSA) is 95.3 Å². The number of thiophene rings is 1. The number of halogens is 2. The van der Waals surface area contributed by atoms with Crippen LogP contribution in [-0.4, -0.2) is 39.0 Å². The van der Waals surface area contributed by atoms with E-state index in [1.54, 1.807) is 25.5 Å². The Labute approximate surface area is 215 Å². The number of aromatic nitrogens is 3. The number of carbonyl (C=O) groups is 2. The van der Waals surface area contributed by atoms with Crippen molar-refractivity contribution in [2.24, 2.45) is 7.05 Å². The molecular weight excluding hydrogens is 515 g/mol. The van der Waals surface area contributed by atoms with E-state index in [0.29, 0.717) is 27.3 Å². The third-order valence-electron chi connectivity index (χ3n) is 5.42. The van der Waals surface area contributed by atoms with Gasteiger partial charge in [0.25, 0.3) is 0 Å². The summed E-state index contributed by atoms with van der Waals surface area (Å²) in [4.78, 5) is 26.3. The fourth-order valence-electron chi connectivity index (χ4n) is 3.82. The Balaban J connectivity index is 1.39. The Bertz CT molecular complexity index is 1260. The van der Waals surface area contributed by atoms with E-state index >= 15 is 0 Å². The molecule has 0 spiro atoms. The lowest BCUT2D eigenvalue weighted by Gasteiger charge is -2.15. The summed E-state index contributed by atoms with van der Waals surface area (Å²) in [6.45, 7) is 3.81. The molecule has 1 aliphatic rings. The monoisotopic (exact) mass is 538 g/mol. The largest absolute Gasteiger partial charge is 0.481 e. The van der Waals surface area contributed by atoms with Gasteiger partial charge < -0.3 is 19.4 Å². The van der Waals surface area contributed by atoms with Crippen LogP contribution < -0.4 is 10.1 Å². The first kappa shape index (κ1) is 25.5. The van der Waals surface area contributed by atoms with Crippen molar-refractivity contribution in [1.29, 1.82) is 0 Å². The van der Waals surface area contributed by atoms with Crippen LogP contribution >= 0.6 is 34.7 Å². The fraction of sp³-hybridized carbons (Fsp3) is 0.391. The Kier molecular flexibility index (Phi) is 7.98. The van der Waals surface area contributed by atoms with Crippen molar-refractivity contribution in [3.8, 4) is 5.75 Å². The minimum atomic E-state index is -0.515. The number of ether oxygens (including phenoxy) is 2. The standard InChI is InChI=1S/C23H24ClFN4O4S2/c1-4-32-22(31)19-14-6-5-7-17(14)35-21(19)26-18(30)11-34-23-28-27-20(29(23)3)12(2)33-16-9-8-13(25)10-15(16)24/h8-10,12H,4-7,11H2,1-3H3,(H,26,30). The summed E-state index contributed by atoms with van der Waals surface area (Å²) >= 11 is 8.70. The van der Waals surface area contributed by atoms with Crippen molar-refractivity contribution in [1.82, 2.24) is 14.8 Å². The fourth-order valence-corrected chi connectivity index (χ4v) is 6.05. The molecule has 0 saturated carbocycles. The molecule has 1 aromatic carbocycles. The molecule has 3 aromatic rings. The van der Waals surface area contributed by atoms with Crippen LogP contribution in [0.25, 0.3) is 0 Å². The minimum Gasteiger partial charge on any atom is -0.481 e. The van der Waals surface area contributed by atoms with Crippen LogP contribution in [-0.2, 0) is 29.4 Å². The average molecular weight is 539 g/mol. The molecule has 0 aliphatic heterocycles. The van der Waals surface area contributed by atoms with E-state index in [9.17, 15) is 14.0 Å². The highest BCUT2D eigenvalue weighted by Gasteiger charge is 2.28. The third-order valence-corrected chi connectivity index (χ3v) is 7.94. The van der Waals surface area contributed by atoms with Gasteiger partial charge >= 0.3 is 5.97 Å². The number of hydrogen-bond donors (Lipinski definition) is 1. The summed E-state index contributed by atoms with van der Waals surface area (Å²) in [5.74, 6) is -0.178. The maximum Gasteiger partial charge on any atom is 0.341 e. The number of esters is 1. The molecule has 0 fully saturated rings. The first-order valence-corrected chi connectivity index (χ1v) is 13.2. The Morgan fingerprint density at radius 1 is 1.34 bits per heavy atom. The number of carbonyl (C=O) groups excluding carboxylic acids is 2. The van der Waals surface area contributed by atoms with Crippen LogP contribution in [0, 0.1) is 5.82 Å². The summed E-state index contributed by atoms with van der Waals surface area (Å²) in [5, 5.41) is 12.4. The van der Waals surface area contributed by atoms with Crippen molar-refractivity contribution < 1.29 is 23.5 Å². The van der Waals surface area contributed by atoms with E-state index in [1.165, 1.54) is 41.3 Å². The molecular formula is C23H24ClFN4O4S2. The lowest BCUT2D eigenvalue weighted by Crippen LogP contribution is -2.17. The number of thioether (sulfide) groups is 1. The van der Waals surface area contributed by atoms with Crippen molar-refractivity contribution in [2.45, 2.75) is 44.4 Å². The predicted octanol–water partition coefficient (Wildman–Crippen LogP) is 5.21. The first-order valence-electron chi connectivity index (χ1n) is 11.0. The summed E-state index contributed by atoms with van der Waals surface area (Å²) in [6, 6.07) is 3.89. The average Bonchev–Trinajstić information content (AvgIpc) is 3.49. The van der Waals surface area contributed by atoms with Gasteiger partial charge in [0.05, 0.1) is 22.9 Å². The second-order valence-corrected chi connectivity index (χ2v) is 10.3. The molecule has 2 aromatic heterocycles. The van der Waals surface area contributed by atoms with E-state index in [1.807, 2.05) is 0 Å². The summed E-state index contributed by atoms with van der Waals surface area (Å²) in [7, 11) is 1.77. The molecule has 12 heteroatoms. The van der Waals surface area contributed by atoms with Crippen molar-refractivity contribution in [2.75, 3.05) is 17.7 Å². The number of aryl methyl sites for hydroxylation is 1. The van der Waals surface area contributed by atoms with Crippen LogP contribution in [0.3, 0.4) is 0 Å². The van der Waals surface area contributed by atoms with Gasteiger partial charge in [-0.15, -0.1) is 21.5 Å².